The van der Waals surface area contributed by atoms with Crippen LogP contribution in [0.15, 0.2) is 0 Å². The maximum Gasteiger partial charge on any atom is 0.171 e. The summed E-state index contributed by atoms with van der Waals surface area (Å²) in [5, 5.41) is 0.723. The number of Topliss-reactive ketones (excluding diaryl/α,β-unsaturated/α-hetero) is 1. The third kappa shape index (κ3) is 2.20. The Balaban J connectivity index is 2.54. The van der Waals surface area contributed by atoms with E-state index in [4.69, 9.17) is 5.73 Å². The van der Waals surface area contributed by atoms with Crippen LogP contribution in [0.5, 0.6) is 0 Å². The first-order valence-electron chi connectivity index (χ1n) is 6.67. The largest absolute Gasteiger partial charge is 0.390 e. The zero-order valence-corrected chi connectivity index (χ0v) is 12.8. The summed E-state index contributed by atoms with van der Waals surface area (Å²) < 4.78 is 0. The monoisotopic (exact) mass is 265 g/mol. The number of ketones is 1. The van der Waals surface area contributed by atoms with Gasteiger partial charge in [-0.05, 0) is 30.2 Å². The first-order chi connectivity index (χ1) is 8.21. The fraction of sp³-hybridized carbons (Fsp3) is 0.667. The SMILES string of the molecule is CC1Cc2sc(N)c(C(=O)C(C)(C)C)c2C(C)C1. The lowest BCUT2D eigenvalue weighted by molar-refractivity contribution is 0.0858. The van der Waals surface area contributed by atoms with E-state index < -0.39 is 0 Å². The molecule has 2 N–H and O–H groups in total. The van der Waals surface area contributed by atoms with E-state index in [0.29, 0.717) is 11.8 Å². The molecule has 0 saturated heterocycles. The molecule has 1 heterocycles. The molecular formula is C15H23NOS. The molecule has 2 nitrogen and oxygen atoms in total. The van der Waals surface area contributed by atoms with Crippen molar-refractivity contribution in [2.45, 2.75) is 53.4 Å². The van der Waals surface area contributed by atoms with Gasteiger partial charge in [0.25, 0.3) is 0 Å². The standard InChI is InChI=1S/C15H23NOS/c1-8-6-9(2)11-10(7-8)18-14(16)12(11)13(17)15(3,4)5/h8-9H,6-7,16H2,1-5H3. The average molecular weight is 265 g/mol. The number of rotatable bonds is 1. The van der Waals surface area contributed by atoms with Crippen LogP contribution in [0.25, 0.3) is 0 Å². The van der Waals surface area contributed by atoms with Crippen molar-refractivity contribution in [3.05, 3.63) is 16.0 Å². The molecule has 1 aromatic rings. The highest BCUT2D eigenvalue weighted by atomic mass is 32.1. The van der Waals surface area contributed by atoms with Crippen molar-refractivity contribution in [2.75, 3.05) is 5.73 Å². The topological polar surface area (TPSA) is 43.1 Å². The highest BCUT2D eigenvalue weighted by Crippen LogP contribution is 2.45. The number of carbonyl (C=O) groups excluding carboxylic acids is 1. The van der Waals surface area contributed by atoms with Gasteiger partial charge in [-0.3, -0.25) is 4.79 Å². The molecule has 0 spiro atoms. The van der Waals surface area contributed by atoms with E-state index in [1.54, 1.807) is 11.3 Å². The van der Waals surface area contributed by atoms with Gasteiger partial charge in [0.2, 0.25) is 0 Å². The second-order valence-corrected chi connectivity index (χ2v) is 7.84. The number of thiophene rings is 1. The van der Waals surface area contributed by atoms with Crippen LogP contribution in [-0.4, -0.2) is 5.78 Å². The molecule has 0 aliphatic heterocycles. The Morgan fingerprint density at radius 2 is 1.94 bits per heavy atom. The summed E-state index contributed by atoms with van der Waals surface area (Å²) in [7, 11) is 0. The maximum atomic E-state index is 12.6. The second kappa shape index (κ2) is 4.37. The lowest BCUT2D eigenvalue weighted by atomic mass is 9.77. The maximum absolute atomic E-state index is 12.6. The van der Waals surface area contributed by atoms with E-state index in [0.717, 1.165) is 23.4 Å². The first-order valence-corrected chi connectivity index (χ1v) is 7.49. The Bertz CT molecular complexity index is 481. The molecule has 18 heavy (non-hydrogen) atoms. The van der Waals surface area contributed by atoms with Crippen LogP contribution in [-0.2, 0) is 6.42 Å². The molecule has 100 valence electrons. The lowest BCUT2D eigenvalue weighted by Gasteiger charge is -2.26. The minimum absolute atomic E-state index is 0.193. The van der Waals surface area contributed by atoms with Crippen molar-refractivity contribution in [1.82, 2.24) is 0 Å². The van der Waals surface area contributed by atoms with Crippen molar-refractivity contribution in [3.8, 4) is 0 Å². The summed E-state index contributed by atoms with van der Waals surface area (Å²) in [5.41, 5.74) is 7.84. The van der Waals surface area contributed by atoms with E-state index in [-0.39, 0.29) is 11.2 Å². The zero-order valence-electron chi connectivity index (χ0n) is 12.0. The minimum Gasteiger partial charge on any atom is -0.390 e. The van der Waals surface area contributed by atoms with Crippen LogP contribution in [0, 0.1) is 11.3 Å². The highest BCUT2D eigenvalue weighted by Gasteiger charge is 2.34. The van der Waals surface area contributed by atoms with Crippen molar-refractivity contribution in [2.24, 2.45) is 11.3 Å². The molecule has 1 aliphatic rings. The third-order valence-electron chi connectivity index (χ3n) is 3.74. The zero-order chi connectivity index (χ0) is 13.7. The molecule has 0 saturated carbocycles. The number of anilines is 1. The van der Waals surface area contributed by atoms with Gasteiger partial charge in [0, 0.05) is 10.3 Å². The minimum atomic E-state index is -0.355. The van der Waals surface area contributed by atoms with Gasteiger partial charge in [-0.25, -0.2) is 0 Å². The van der Waals surface area contributed by atoms with Crippen LogP contribution >= 0.6 is 11.3 Å². The molecule has 0 amide bonds. The summed E-state index contributed by atoms with van der Waals surface area (Å²) in [4.78, 5) is 13.9. The highest BCUT2D eigenvalue weighted by molar-refractivity contribution is 7.16. The molecule has 0 bridgehead atoms. The fourth-order valence-corrected chi connectivity index (χ4v) is 4.27. The van der Waals surface area contributed by atoms with E-state index in [9.17, 15) is 4.79 Å². The van der Waals surface area contributed by atoms with Gasteiger partial charge in [-0.2, -0.15) is 0 Å². The molecule has 0 aromatic carbocycles. The smallest absolute Gasteiger partial charge is 0.171 e. The van der Waals surface area contributed by atoms with Gasteiger partial charge in [-0.15, -0.1) is 11.3 Å². The number of hydrogen-bond donors (Lipinski definition) is 1. The molecule has 1 aromatic heterocycles. The Labute approximate surface area is 114 Å². The van der Waals surface area contributed by atoms with E-state index in [2.05, 4.69) is 13.8 Å². The molecule has 0 fully saturated rings. The quantitative estimate of drug-likeness (QED) is 0.772. The van der Waals surface area contributed by atoms with Crippen LogP contribution < -0.4 is 5.73 Å². The van der Waals surface area contributed by atoms with Crippen LogP contribution in [0.1, 0.15) is 67.8 Å². The van der Waals surface area contributed by atoms with Crippen molar-refractivity contribution in [3.63, 3.8) is 0 Å². The number of nitrogen functional groups attached to an aromatic ring is 1. The molecule has 3 heteroatoms. The number of fused-ring (bicyclic) bond motifs is 1. The van der Waals surface area contributed by atoms with Crippen molar-refractivity contribution >= 4 is 22.1 Å². The first kappa shape index (κ1) is 13.6. The normalized spacial score (nSPS) is 23.8. The van der Waals surface area contributed by atoms with E-state index >= 15 is 0 Å². The summed E-state index contributed by atoms with van der Waals surface area (Å²) in [6.45, 7) is 10.4. The van der Waals surface area contributed by atoms with Gasteiger partial charge in [0.1, 0.15) is 0 Å². The van der Waals surface area contributed by atoms with Gasteiger partial charge in [0.05, 0.1) is 10.6 Å². The molecule has 2 atom stereocenters. The van der Waals surface area contributed by atoms with Gasteiger partial charge < -0.3 is 5.73 Å². The summed E-state index contributed by atoms with van der Waals surface area (Å²) in [5.74, 6) is 1.35. The summed E-state index contributed by atoms with van der Waals surface area (Å²) in [6, 6.07) is 0. The Kier molecular flexibility index (Phi) is 3.30. The molecular weight excluding hydrogens is 242 g/mol. The Morgan fingerprint density at radius 3 is 2.50 bits per heavy atom. The number of hydrogen-bond acceptors (Lipinski definition) is 3. The average Bonchev–Trinajstić information content (AvgIpc) is 2.51. The molecule has 2 unspecified atom stereocenters. The van der Waals surface area contributed by atoms with Gasteiger partial charge in [0.15, 0.2) is 5.78 Å². The van der Waals surface area contributed by atoms with Crippen molar-refractivity contribution < 1.29 is 4.79 Å². The van der Waals surface area contributed by atoms with Crippen LogP contribution in [0.2, 0.25) is 0 Å². The molecule has 0 radical (unpaired) electrons. The lowest BCUT2D eigenvalue weighted by Crippen LogP contribution is -2.24. The predicted octanol–water partition coefficient (Wildman–Crippen LogP) is 4.24. The predicted molar refractivity (Wildman–Crippen MR) is 78.4 cm³/mol. The Morgan fingerprint density at radius 1 is 1.33 bits per heavy atom. The van der Waals surface area contributed by atoms with Crippen molar-refractivity contribution in [1.29, 1.82) is 0 Å². The summed E-state index contributed by atoms with van der Waals surface area (Å²) in [6.07, 6.45) is 2.24. The number of nitrogens with two attached hydrogens (primary N) is 1. The Hall–Kier alpha value is -0.830. The van der Waals surface area contributed by atoms with Gasteiger partial charge >= 0.3 is 0 Å². The fourth-order valence-electron chi connectivity index (χ4n) is 2.91. The molecule has 1 aliphatic carbocycles. The van der Waals surface area contributed by atoms with Crippen LogP contribution in [0.3, 0.4) is 0 Å². The third-order valence-corrected chi connectivity index (χ3v) is 4.80. The van der Waals surface area contributed by atoms with E-state index in [1.807, 2.05) is 20.8 Å². The summed E-state index contributed by atoms with van der Waals surface area (Å²) >= 11 is 1.63. The van der Waals surface area contributed by atoms with Crippen LogP contribution in [0.4, 0.5) is 5.00 Å². The van der Waals surface area contributed by atoms with E-state index in [1.165, 1.54) is 10.4 Å². The number of carbonyl (C=O) groups is 1. The van der Waals surface area contributed by atoms with Gasteiger partial charge in [-0.1, -0.05) is 34.6 Å². The molecule has 2 rings (SSSR count). The second-order valence-electron chi connectivity index (χ2n) is 6.70.